The maximum Gasteiger partial charge on any atom is 0.0929 e. The summed E-state index contributed by atoms with van der Waals surface area (Å²) in [6.45, 7) is 5.89. The van der Waals surface area contributed by atoms with Crippen LogP contribution in [0.3, 0.4) is 0 Å². The Morgan fingerprint density at radius 3 is 1.48 bits per heavy atom. The second kappa shape index (κ2) is 14.2. The lowest BCUT2D eigenvalue weighted by molar-refractivity contribution is -0.0308. The molecule has 0 aromatic heterocycles. The van der Waals surface area contributed by atoms with E-state index in [4.69, 9.17) is 46.9 Å². The minimum atomic E-state index is -0.308. The van der Waals surface area contributed by atoms with Gasteiger partial charge in [0, 0.05) is 5.92 Å². The van der Waals surface area contributed by atoms with Crippen LogP contribution in [-0.4, -0.2) is 80.0 Å². The standard InChI is InChI=1S/C13H24Cl2O5Si/c14-13(15)21-11-12-9-19-7-5-17-3-1-16-2-4-18-6-8-20-10-12/h12-13H,1-11H2. The van der Waals surface area contributed by atoms with Gasteiger partial charge in [-0.2, -0.15) is 0 Å². The summed E-state index contributed by atoms with van der Waals surface area (Å²) in [6.07, 6.45) is 0. The van der Waals surface area contributed by atoms with Crippen LogP contribution in [0.5, 0.6) is 0 Å². The largest absolute Gasteiger partial charge is 0.379 e. The van der Waals surface area contributed by atoms with E-state index in [0.717, 1.165) is 6.04 Å². The SMILES string of the molecule is ClC(Cl)[Si]CC1COCCOCCOCCOCCOC1. The smallest absolute Gasteiger partial charge is 0.0929 e. The first-order valence-corrected chi connectivity index (χ1v) is 9.35. The Balaban J connectivity index is 2.24. The summed E-state index contributed by atoms with van der Waals surface area (Å²) in [6, 6.07) is 0.910. The van der Waals surface area contributed by atoms with Crippen LogP contribution < -0.4 is 0 Å². The number of halogens is 2. The molecule has 1 aliphatic rings. The zero-order valence-electron chi connectivity index (χ0n) is 12.2. The molecule has 124 valence electrons. The Morgan fingerprint density at radius 1 is 0.714 bits per heavy atom. The molecule has 1 heterocycles. The second-order valence-corrected chi connectivity index (χ2v) is 7.78. The maximum absolute atomic E-state index is 5.79. The monoisotopic (exact) mass is 358 g/mol. The van der Waals surface area contributed by atoms with Crippen LogP contribution in [0.25, 0.3) is 0 Å². The lowest BCUT2D eigenvalue weighted by Crippen LogP contribution is -2.23. The molecule has 1 fully saturated rings. The third-order valence-electron chi connectivity index (χ3n) is 2.76. The van der Waals surface area contributed by atoms with Gasteiger partial charge in [0.2, 0.25) is 0 Å². The van der Waals surface area contributed by atoms with Gasteiger partial charge in [-0.05, 0) is 0 Å². The summed E-state index contributed by atoms with van der Waals surface area (Å²) in [5, 5.41) is 0. The first kappa shape index (κ1) is 19.6. The molecule has 0 unspecified atom stereocenters. The zero-order valence-corrected chi connectivity index (χ0v) is 14.7. The van der Waals surface area contributed by atoms with E-state index in [0.29, 0.717) is 81.5 Å². The van der Waals surface area contributed by atoms with E-state index in [-0.39, 0.29) is 4.46 Å². The normalized spacial score (nSPS) is 22.4. The summed E-state index contributed by atoms with van der Waals surface area (Å²) in [7, 11) is 0.494. The van der Waals surface area contributed by atoms with Gasteiger partial charge in [0.25, 0.3) is 0 Å². The van der Waals surface area contributed by atoms with Crippen LogP contribution in [0.15, 0.2) is 0 Å². The van der Waals surface area contributed by atoms with E-state index in [1.165, 1.54) is 0 Å². The molecule has 0 aromatic carbocycles. The van der Waals surface area contributed by atoms with Crippen molar-refractivity contribution in [1.82, 2.24) is 0 Å². The Labute approximate surface area is 139 Å². The molecule has 5 nitrogen and oxygen atoms in total. The molecule has 0 saturated carbocycles. The van der Waals surface area contributed by atoms with Gasteiger partial charge in [-0.15, -0.1) is 23.2 Å². The van der Waals surface area contributed by atoms with Crippen molar-refractivity contribution in [3.8, 4) is 0 Å². The summed E-state index contributed by atoms with van der Waals surface area (Å²) >= 11 is 11.6. The Morgan fingerprint density at radius 2 is 1.10 bits per heavy atom. The average Bonchev–Trinajstić information content (AvgIpc) is 2.46. The van der Waals surface area contributed by atoms with E-state index in [1.807, 2.05) is 0 Å². The molecule has 0 aromatic rings. The third kappa shape index (κ3) is 12.8. The molecule has 21 heavy (non-hydrogen) atoms. The highest BCUT2D eigenvalue weighted by Gasteiger charge is 2.13. The molecule has 1 rings (SSSR count). The van der Waals surface area contributed by atoms with Crippen LogP contribution >= 0.6 is 23.2 Å². The van der Waals surface area contributed by atoms with Gasteiger partial charge >= 0.3 is 0 Å². The van der Waals surface area contributed by atoms with Crippen molar-refractivity contribution in [2.75, 3.05) is 66.1 Å². The summed E-state index contributed by atoms with van der Waals surface area (Å²) in [5.74, 6) is 0.305. The molecule has 0 atom stereocenters. The predicted octanol–water partition coefficient (Wildman–Crippen LogP) is 1.58. The van der Waals surface area contributed by atoms with Gasteiger partial charge < -0.3 is 23.7 Å². The predicted molar refractivity (Wildman–Crippen MR) is 83.6 cm³/mol. The second-order valence-electron chi connectivity index (χ2n) is 4.56. The van der Waals surface area contributed by atoms with Crippen molar-refractivity contribution in [3.63, 3.8) is 0 Å². The minimum absolute atomic E-state index is 0.305. The fourth-order valence-corrected chi connectivity index (χ4v) is 2.98. The van der Waals surface area contributed by atoms with E-state index in [9.17, 15) is 0 Å². The first-order chi connectivity index (χ1) is 10.3. The van der Waals surface area contributed by atoms with E-state index in [2.05, 4.69) is 0 Å². The van der Waals surface area contributed by atoms with Gasteiger partial charge in [-0.1, -0.05) is 6.04 Å². The summed E-state index contributed by atoms with van der Waals surface area (Å²) in [4.78, 5) is 0. The van der Waals surface area contributed by atoms with Gasteiger partial charge in [0.1, 0.15) is 0 Å². The Hall–Kier alpha value is 0.597. The van der Waals surface area contributed by atoms with Crippen molar-refractivity contribution in [3.05, 3.63) is 0 Å². The maximum atomic E-state index is 5.79. The van der Waals surface area contributed by atoms with Gasteiger partial charge in [-0.25, -0.2) is 0 Å². The van der Waals surface area contributed by atoms with E-state index < -0.39 is 0 Å². The Kier molecular flexibility index (Phi) is 13.3. The molecule has 8 heteroatoms. The van der Waals surface area contributed by atoms with E-state index >= 15 is 0 Å². The number of ether oxygens (including phenoxy) is 5. The number of hydrogen-bond acceptors (Lipinski definition) is 5. The quantitative estimate of drug-likeness (QED) is 0.566. The van der Waals surface area contributed by atoms with E-state index in [1.54, 1.807) is 0 Å². The van der Waals surface area contributed by atoms with Crippen LogP contribution in [0.4, 0.5) is 0 Å². The highest BCUT2D eigenvalue weighted by atomic mass is 35.5. The highest BCUT2D eigenvalue weighted by molar-refractivity contribution is 6.68. The summed E-state index contributed by atoms with van der Waals surface area (Å²) in [5.41, 5.74) is 0. The lowest BCUT2D eigenvalue weighted by atomic mass is 10.2. The van der Waals surface area contributed by atoms with Gasteiger partial charge in [0.05, 0.1) is 80.0 Å². The highest BCUT2D eigenvalue weighted by Crippen LogP contribution is 2.10. The molecule has 2 radical (unpaired) electrons. The molecule has 0 amide bonds. The average molecular weight is 359 g/mol. The molecular formula is C13H24Cl2O5Si. The van der Waals surface area contributed by atoms with Crippen molar-refractivity contribution >= 4 is 32.7 Å². The molecule has 0 spiro atoms. The zero-order chi connectivity index (χ0) is 15.2. The molecule has 0 bridgehead atoms. The minimum Gasteiger partial charge on any atom is -0.379 e. The fourth-order valence-electron chi connectivity index (χ4n) is 1.70. The van der Waals surface area contributed by atoms with Crippen LogP contribution in [0.1, 0.15) is 0 Å². The number of rotatable bonds is 3. The fraction of sp³-hybridized carbons (Fsp3) is 1.00. The molecule has 1 saturated heterocycles. The van der Waals surface area contributed by atoms with Crippen molar-refractivity contribution in [1.29, 1.82) is 0 Å². The molecule has 0 N–H and O–H groups in total. The molecular weight excluding hydrogens is 335 g/mol. The van der Waals surface area contributed by atoms with Crippen molar-refractivity contribution in [2.24, 2.45) is 5.92 Å². The number of alkyl halides is 2. The topological polar surface area (TPSA) is 46.2 Å². The number of hydrogen-bond donors (Lipinski definition) is 0. The van der Waals surface area contributed by atoms with Crippen LogP contribution in [-0.2, 0) is 23.7 Å². The molecule has 1 aliphatic heterocycles. The van der Waals surface area contributed by atoms with Crippen molar-refractivity contribution in [2.45, 2.75) is 10.5 Å². The van der Waals surface area contributed by atoms with Crippen molar-refractivity contribution < 1.29 is 23.7 Å². The lowest BCUT2D eigenvalue weighted by Gasteiger charge is -2.18. The van der Waals surface area contributed by atoms with Gasteiger partial charge in [0.15, 0.2) is 0 Å². The van der Waals surface area contributed by atoms with Gasteiger partial charge in [-0.3, -0.25) is 0 Å². The Bertz CT molecular complexity index is 221. The van der Waals surface area contributed by atoms with Crippen LogP contribution in [0, 0.1) is 5.92 Å². The molecule has 0 aliphatic carbocycles. The van der Waals surface area contributed by atoms with Crippen LogP contribution in [0.2, 0.25) is 6.04 Å². The third-order valence-corrected chi connectivity index (χ3v) is 4.80. The summed E-state index contributed by atoms with van der Waals surface area (Å²) < 4.78 is 27.1. The first-order valence-electron chi connectivity index (χ1n) is 7.19.